The summed E-state index contributed by atoms with van der Waals surface area (Å²) in [5.41, 5.74) is 5.36. The van der Waals surface area contributed by atoms with Gasteiger partial charge in [0, 0.05) is 6.61 Å². The molecule has 2 heterocycles. The van der Waals surface area contributed by atoms with Crippen molar-refractivity contribution < 1.29 is 13.7 Å². The Morgan fingerprint density at radius 2 is 2.21 bits per heavy atom. The summed E-state index contributed by atoms with van der Waals surface area (Å²) in [7, 11) is 0. The van der Waals surface area contributed by atoms with E-state index in [1.54, 1.807) is 6.07 Å². The van der Waals surface area contributed by atoms with E-state index in [1.807, 2.05) is 26.8 Å². The summed E-state index contributed by atoms with van der Waals surface area (Å²) < 4.78 is 16.0. The van der Waals surface area contributed by atoms with Crippen LogP contribution in [0.5, 0.6) is 0 Å². The van der Waals surface area contributed by atoms with Crippen molar-refractivity contribution in [2.45, 2.75) is 32.7 Å². The molecule has 1 atom stereocenters. The van der Waals surface area contributed by atoms with Crippen LogP contribution in [0.1, 0.15) is 31.9 Å². The normalized spacial score (nSPS) is 14.5. The Hall–Kier alpha value is -1.66. The van der Waals surface area contributed by atoms with Crippen LogP contribution in [-0.2, 0) is 10.3 Å². The van der Waals surface area contributed by atoms with Gasteiger partial charge in [0.05, 0.1) is 6.61 Å². The molecule has 2 rings (SSSR count). The van der Waals surface area contributed by atoms with Crippen molar-refractivity contribution in [1.82, 2.24) is 10.1 Å². The van der Waals surface area contributed by atoms with Crippen molar-refractivity contribution >= 4 is 0 Å². The zero-order chi connectivity index (χ0) is 13.9. The molecule has 19 heavy (non-hydrogen) atoms. The number of furan rings is 1. The predicted octanol–water partition coefficient (Wildman–Crippen LogP) is 2.24. The molecule has 0 bridgehead atoms. The van der Waals surface area contributed by atoms with Crippen LogP contribution in [0.3, 0.4) is 0 Å². The number of nitrogens with zero attached hydrogens (tertiary/aromatic N) is 2. The third-order valence-electron chi connectivity index (χ3n) is 2.64. The van der Waals surface area contributed by atoms with Gasteiger partial charge in [0.1, 0.15) is 11.3 Å². The fourth-order valence-corrected chi connectivity index (χ4v) is 1.60. The molecule has 2 aromatic rings. The van der Waals surface area contributed by atoms with Gasteiger partial charge in [0.2, 0.25) is 0 Å². The van der Waals surface area contributed by atoms with Crippen LogP contribution in [0.4, 0.5) is 0 Å². The Bertz CT molecular complexity index is 531. The fraction of sp³-hybridized carbons (Fsp3) is 0.538. The molecule has 6 heteroatoms. The van der Waals surface area contributed by atoms with E-state index in [1.165, 1.54) is 0 Å². The minimum Gasteiger partial charge on any atom is -0.456 e. The number of hydrogen-bond acceptors (Lipinski definition) is 6. The molecular formula is C13H19N3O3. The second-order valence-corrected chi connectivity index (χ2v) is 4.80. The largest absolute Gasteiger partial charge is 0.456 e. The van der Waals surface area contributed by atoms with Crippen molar-refractivity contribution in [3.63, 3.8) is 0 Å². The van der Waals surface area contributed by atoms with Gasteiger partial charge in [0.25, 0.3) is 5.89 Å². The van der Waals surface area contributed by atoms with Gasteiger partial charge in [-0.1, -0.05) is 12.1 Å². The summed E-state index contributed by atoms with van der Waals surface area (Å²) in [6, 6.07) is 3.62. The smallest absolute Gasteiger partial charge is 0.293 e. The highest BCUT2D eigenvalue weighted by Crippen LogP contribution is 2.23. The highest BCUT2D eigenvalue weighted by atomic mass is 16.5. The number of aromatic nitrogens is 2. The maximum Gasteiger partial charge on any atom is 0.293 e. The molecule has 0 spiro atoms. The topological polar surface area (TPSA) is 87.3 Å². The first-order chi connectivity index (χ1) is 9.03. The van der Waals surface area contributed by atoms with Crippen molar-refractivity contribution in [2.75, 3.05) is 13.2 Å². The van der Waals surface area contributed by atoms with Gasteiger partial charge in [0.15, 0.2) is 11.6 Å². The Kier molecular flexibility index (Phi) is 4.01. The third kappa shape index (κ3) is 3.21. The second kappa shape index (κ2) is 5.54. The second-order valence-electron chi connectivity index (χ2n) is 4.80. The van der Waals surface area contributed by atoms with E-state index < -0.39 is 5.54 Å². The molecule has 0 fully saturated rings. The van der Waals surface area contributed by atoms with Crippen LogP contribution < -0.4 is 5.73 Å². The molecule has 0 aliphatic heterocycles. The minimum atomic E-state index is -0.779. The molecule has 0 radical (unpaired) electrons. The lowest BCUT2D eigenvalue weighted by Gasteiger charge is -2.19. The highest BCUT2D eigenvalue weighted by molar-refractivity contribution is 5.44. The van der Waals surface area contributed by atoms with Crippen LogP contribution in [-0.4, -0.2) is 23.4 Å². The predicted molar refractivity (Wildman–Crippen MR) is 69.4 cm³/mol. The number of hydrogen-bond donors (Lipinski definition) is 1. The van der Waals surface area contributed by atoms with E-state index in [-0.39, 0.29) is 0 Å². The molecular weight excluding hydrogens is 246 g/mol. The highest BCUT2D eigenvalue weighted by Gasteiger charge is 2.28. The molecule has 0 aromatic carbocycles. The van der Waals surface area contributed by atoms with Gasteiger partial charge in [-0.25, -0.2) is 0 Å². The van der Waals surface area contributed by atoms with Gasteiger partial charge < -0.3 is 19.4 Å². The Morgan fingerprint density at radius 3 is 2.84 bits per heavy atom. The Morgan fingerprint density at radius 1 is 1.42 bits per heavy atom. The molecule has 6 nitrogen and oxygen atoms in total. The van der Waals surface area contributed by atoms with E-state index in [4.69, 9.17) is 19.4 Å². The van der Waals surface area contributed by atoms with Crippen LogP contribution >= 0.6 is 0 Å². The first-order valence-electron chi connectivity index (χ1n) is 6.30. The van der Waals surface area contributed by atoms with E-state index in [2.05, 4.69) is 10.1 Å². The van der Waals surface area contributed by atoms with Gasteiger partial charge in [-0.2, -0.15) is 4.98 Å². The molecule has 0 saturated carbocycles. The molecule has 0 aliphatic carbocycles. The average molecular weight is 265 g/mol. The monoisotopic (exact) mass is 265 g/mol. The van der Waals surface area contributed by atoms with Crippen molar-refractivity contribution in [3.8, 4) is 11.7 Å². The molecule has 0 saturated heterocycles. The van der Waals surface area contributed by atoms with Gasteiger partial charge in [-0.05, 0) is 32.4 Å². The third-order valence-corrected chi connectivity index (χ3v) is 2.64. The lowest BCUT2D eigenvalue weighted by atomic mass is 10.1. The van der Waals surface area contributed by atoms with Crippen LogP contribution in [0.25, 0.3) is 11.7 Å². The van der Waals surface area contributed by atoms with Crippen molar-refractivity contribution in [2.24, 2.45) is 5.73 Å². The lowest BCUT2D eigenvalue weighted by Crippen LogP contribution is -2.39. The standard InChI is InChI=1S/C13H19N3O3/c1-4-7-17-8-13(3,14)12-15-11(19-16-12)10-6-5-9(2)18-10/h5-6H,4,7-8,14H2,1-3H3. The number of nitrogens with two attached hydrogens (primary N) is 1. The average Bonchev–Trinajstić information content (AvgIpc) is 2.97. The maximum atomic E-state index is 6.13. The quantitative estimate of drug-likeness (QED) is 0.806. The first kappa shape index (κ1) is 13.8. The minimum absolute atomic E-state index is 0.329. The van der Waals surface area contributed by atoms with E-state index in [9.17, 15) is 0 Å². The van der Waals surface area contributed by atoms with Crippen LogP contribution in [0, 0.1) is 6.92 Å². The van der Waals surface area contributed by atoms with E-state index in [0.717, 1.165) is 12.2 Å². The molecule has 2 aromatic heterocycles. The summed E-state index contributed by atoms with van der Waals surface area (Å²) in [6.07, 6.45) is 0.944. The summed E-state index contributed by atoms with van der Waals surface area (Å²) in [5, 5.41) is 3.90. The van der Waals surface area contributed by atoms with Crippen LogP contribution in [0.15, 0.2) is 21.1 Å². The van der Waals surface area contributed by atoms with Crippen molar-refractivity contribution in [3.05, 3.63) is 23.7 Å². The van der Waals surface area contributed by atoms with Crippen molar-refractivity contribution in [1.29, 1.82) is 0 Å². The Labute approximate surface area is 111 Å². The summed E-state index contributed by atoms with van der Waals surface area (Å²) in [5.74, 6) is 2.07. The number of ether oxygens (including phenoxy) is 1. The Balaban J connectivity index is 2.11. The number of aryl methyl sites for hydroxylation is 1. The SMILES string of the molecule is CCCOCC(C)(N)c1noc(-c2ccc(C)o2)n1. The zero-order valence-corrected chi connectivity index (χ0v) is 11.5. The summed E-state index contributed by atoms with van der Waals surface area (Å²) in [4.78, 5) is 4.27. The van der Waals surface area contributed by atoms with E-state index in [0.29, 0.717) is 30.7 Å². The molecule has 0 aliphatic rings. The molecule has 1 unspecified atom stereocenters. The molecule has 104 valence electrons. The zero-order valence-electron chi connectivity index (χ0n) is 11.5. The van der Waals surface area contributed by atoms with Gasteiger partial charge in [-0.15, -0.1) is 0 Å². The lowest BCUT2D eigenvalue weighted by molar-refractivity contribution is 0.0867. The van der Waals surface area contributed by atoms with Gasteiger partial charge in [-0.3, -0.25) is 0 Å². The fourth-order valence-electron chi connectivity index (χ4n) is 1.60. The maximum absolute atomic E-state index is 6.13. The molecule has 2 N–H and O–H groups in total. The first-order valence-corrected chi connectivity index (χ1v) is 6.30. The molecule has 0 amide bonds. The summed E-state index contributed by atoms with van der Waals surface area (Å²) in [6.45, 7) is 6.71. The van der Waals surface area contributed by atoms with Gasteiger partial charge >= 0.3 is 0 Å². The summed E-state index contributed by atoms with van der Waals surface area (Å²) >= 11 is 0. The van der Waals surface area contributed by atoms with Crippen LogP contribution in [0.2, 0.25) is 0 Å². The van der Waals surface area contributed by atoms with E-state index >= 15 is 0 Å². The number of rotatable bonds is 6.